The van der Waals surface area contributed by atoms with Crippen molar-refractivity contribution >= 4 is 13.8 Å². The molecule has 0 aliphatic carbocycles. The Kier molecular flexibility index (Phi) is 52.9. The zero-order valence-corrected chi connectivity index (χ0v) is 44.6. The molecule has 0 aromatic heterocycles. The van der Waals surface area contributed by atoms with Gasteiger partial charge in [-0.3, -0.25) is 13.8 Å². The monoisotopic (exact) mass is 959 g/mol. The van der Waals surface area contributed by atoms with E-state index in [4.69, 9.17) is 23.6 Å². The smallest absolute Gasteiger partial charge is 0.457 e. The fourth-order valence-electron chi connectivity index (χ4n) is 8.59. The normalized spacial score (nSPS) is 13.7. The molecule has 0 aromatic carbocycles. The number of esters is 1. The SMILES string of the molecule is CCCCCCCCCC/C=C\CCCCCCCCCCCCCC(=O)OC(COCCCCCCCCCCCCCCCCCCCCCCCC)COP(=O)(O)OCC(O)CO. The van der Waals surface area contributed by atoms with Gasteiger partial charge in [0.25, 0.3) is 0 Å². The van der Waals surface area contributed by atoms with Gasteiger partial charge >= 0.3 is 13.8 Å². The van der Waals surface area contributed by atoms with Crippen molar-refractivity contribution in [2.75, 3.05) is 33.0 Å². The van der Waals surface area contributed by atoms with Gasteiger partial charge in [-0.15, -0.1) is 0 Å². The molecular formula is C56H111O9P. The van der Waals surface area contributed by atoms with E-state index in [-0.39, 0.29) is 25.6 Å². The second-order valence-electron chi connectivity index (χ2n) is 19.7. The Morgan fingerprint density at radius 2 is 0.773 bits per heavy atom. The van der Waals surface area contributed by atoms with Gasteiger partial charge in [-0.1, -0.05) is 264 Å². The van der Waals surface area contributed by atoms with Crippen molar-refractivity contribution in [3.63, 3.8) is 0 Å². The van der Waals surface area contributed by atoms with E-state index >= 15 is 0 Å². The molecule has 0 bridgehead atoms. The summed E-state index contributed by atoms with van der Waals surface area (Å²) in [7, 11) is -4.52. The summed E-state index contributed by atoms with van der Waals surface area (Å²) in [4.78, 5) is 22.8. The van der Waals surface area contributed by atoms with E-state index in [1.54, 1.807) is 0 Å². The van der Waals surface area contributed by atoms with Crippen LogP contribution in [0.3, 0.4) is 0 Å². The lowest BCUT2D eigenvalue weighted by atomic mass is 10.0. The summed E-state index contributed by atoms with van der Waals surface area (Å²) in [6.07, 6.45) is 59.1. The van der Waals surface area contributed by atoms with Crippen LogP contribution >= 0.6 is 7.82 Å². The quantitative estimate of drug-likeness (QED) is 0.0236. The number of rotatable bonds is 56. The van der Waals surface area contributed by atoms with Crippen molar-refractivity contribution in [2.45, 2.75) is 309 Å². The maximum Gasteiger partial charge on any atom is 0.472 e. The molecule has 3 unspecified atom stereocenters. The summed E-state index contributed by atoms with van der Waals surface area (Å²) < 4.78 is 33.6. The van der Waals surface area contributed by atoms with Crippen LogP contribution in [0.5, 0.6) is 0 Å². The molecule has 0 fully saturated rings. The van der Waals surface area contributed by atoms with Crippen LogP contribution in [0.15, 0.2) is 12.2 Å². The molecule has 0 aromatic rings. The maximum absolute atomic E-state index is 12.7. The highest BCUT2D eigenvalue weighted by Gasteiger charge is 2.26. The zero-order chi connectivity index (χ0) is 48.1. The summed E-state index contributed by atoms with van der Waals surface area (Å²) >= 11 is 0. The molecule has 0 aliphatic heterocycles. The maximum atomic E-state index is 12.7. The molecule has 0 saturated carbocycles. The number of ether oxygens (including phenoxy) is 2. The van der Waals surface area contributed by atoms with Gasteiger partial charge in [-0.05, 0) is 38.5 Å². The topological polar surface area (TPSA) is 132 Å². The van der Waals surface area contributed by atoms with E-state index < -0.39 is 33.2 Å². The van der Waals surface area contributed by atoms with Gasteiger partial charge in [-0.25, -0.2) is 4.57 Å². The predicted molar refractivity (Wildman–Crippen MR) is 279 cm³/mol. The molecule has 3 atom stereocenters. The molecule has 0 aliphatic rings. The second-order valence-corrected chi connectivity index (χ2v) is 21.1. The average molecular weight is 959 g/mol. The Morgan fingerprint density at radius 3 is 1.14 bits per heavy atom. The molecule has 0 saturated heterocycles. The Labute approximate surface area is 409 Å². The molecule has 66 heavy (non-hydrogen) atoms. The van der Waals surface area contributed by atoms with Crippen LogP contribution in [-0.2, 0) is 27.9 Å². The highest BCUT2D eigenvalue weighted by molar-refractivity contribution is 7.47. The molecule has 10 heteroatoms. The summed E-state index contributed by atoms with van der Waals surface area (Å²) in [6, 6.07) is 0. The number of phosphoric acid groups is 1. The highest BCUT2D eigenvalue weighted by Crippen LogP contribution is 2.43. The Morgan fingerprint density at radius 1 is 0.455 bits per heavy atom. The standard InChI is InChI=1S/C56H111O9P/c1-3-5-7-9-11-13-15-17-19-21-23-25-27-28-30-32-34-36-38-40-42-44-46-48-56(59)65-55(53-64-66(60,61)63-51-54(58)50-57)52-62-49-47-45-43-41-39-37-35-33-31-29-26-24-22-20-18-16-14-12-10-8-6-4-2/h21,23,54-55,57-58H,3-20,22,24-53H2,1-2H3,(H,60,61)/b23-21-. The van der Waals surface area contributed by atoms with Gasteiger partial charge in [0.15, 0.2) is 0 Å². The van der Waals surface area contributed by atoms with E-state index in [0.29, 0.717) is 6.61 Å². The van der Waals surface area contributed by atoms with Gasteiger partial charge in [0, 0.05) is 13.0 Å². The Hall–Kier alpha value is -0.800. The first-order valence-electron chi connectivity index (χ1n) is 28.7. The lowest BCUT2D eigenvalue weighted by molar-refractivity contribution is -0.154. The van der Waals surface area contributed by atoms with Crippen LogP contribution in [0.1, 0.15) is 296 Å². The highest BCUT2D eigenvalue weighted by atomic mass is 31.2. The third-order valence-corrected chi connectivity index (χ3v) is 13.9. The molecule has 3 N–H and O–H groups in total. The largest absolute Gasteiger partial charge is 0.472 e. The summed E-state index contributed by atoms with van der Waals surface area (Å²) in [6.45, 7) is 3.61. The summed E-state index contributed by atoms with van der Waals surface area (Å²) in [5, 5.41) is 18.5. The fraction of sp³-hybridized carbons (Fsp3) is 0.946. The van der Waals surface area contributed by atoms with Crippen molar-refractivity contribution in [3.8, 4) is 0 Å². The first-order chi connectivity index (χ1) is 32.3. The van der Waals surface area contributed by atoms with E-state index in [2.05, 4.69) is 26.0 Å². The number of hydrogen-bond donors (Lipinski definition) is 3. The Balaban J connectivity index is 3.97. The van der Waals surface area contributed by atoms with Crippen LogP contribution in [0.2, 0.25) is 0 Å². The lowest BCUT2D eigenvalue weighted by Gasteiger charge is -2.20. The van der Waals surface area contributed by atoms with Gasteiger partial charge in [-0.2, -0.15) is 0 Å². The molecule has 0 amide bonds. The fourth-order valence-corrected chi connectivity index (χ4v) is 9.38. The molecule has 0 heterocycles. The molecule has 9 nitrogen and oxygen atoms in total. The molecule has 0 rings (SSSR count). The number of carbonyl (C=O) groups is 1. The van der Waals surface area contributed by atoms with Crippen molar-refractivity contribution in [3.05, 3.63) is 12.2 Å². The van der Waals surface area contributed by atoms with Gasteiger partial charge in [0.2, 0.25) is 0 Å². The van der Waals surface area contributed by atoms with E-state index in [1.165, 1.54) is 244 Å². The number of carbonyl (C=O) groups excluding carboxylic acids is 1. The predicted octanol–water partition coefficient (Wildman–Crippen LogP) is 17.2. The first kappa shape index (κ1) is 65.2. The number of unbranched alkanes of at least 4 members (excludes halogenated alkanes) is 40. The minimum Gasteiger partial charge on any atom is -0.457 e. The van der Waals surface area contributed by atoms with Gasteiger partial charge in [0.05, 0.1) is 26.4 Å². The minimum absolute atomic E-state index is 0.0563. The van der Waals surface area contributed by atoms with Crippen molar-refractivity contribution in [1.82, 2.24) is 0 Å². The number of aliphatic hydroxyl groups excluding tert-OH is 2. The summed E-state index contributed by atoms with van der Waals surface area (Å²) in [5.74, 6) is -0.375. The lowest BCUT2D eigenvalue weighted by Crippen LogP contribution is -2.29. The van der Waals surface area contributed by atoms with Crippen molar-refractivity contribution < 1.29 is 43.0 Å². The second kappa shape index (κ2) is 53.5. The first-order valence-corrected chi connectivity index (χ1v) is 30.2. The number of aliphatic hydroxyl groups is 2. The van der Waals surface area contributed by atoms with Gasteiger partial charge < -0.3 is 24.6 Å². The summed E-state index contributed by atoms with van der Waals surface area (Å²) in [5.41, 5.74) is 0. The van der Waals surface area contributed by atoms with Crippen LogP contribution in [0.4, 0.5) is 0 Å². The van der Waals surface area contributed by atoms with Crippen LogP contribution in [0.25, 0.3) is 0 Å². The van der Waals surface area contributed by atoms with Gasteiger partial charge in [0.1, 0.15) is 12.2 Å². The van der Waals surface area contributed by atoms with Crippen LogP contribution < -0.4 is 0 Å². The van der Waals surface area contributed by atoms with E-state index in [0.717, 1.165) is 32.1 Å². The molecule has 394 valence electrons. The molecule has 0 spiro atoms. The van der Waals surface area contributed by atoms with E-state index in [1.807, 2.05) is 0 Å². The number of phosphoric ester groups is 1. The van der Waals surface area contributed by atoms with Crippen molar-refractivity contribution in [1.29, 1.82) is 0 Å². The third kappa shape index (κ3) is 52.6. The van der Waals surface area contributed by atoms with Crippen molar-refractivity contribution in [2.24, 2.45) is 0 Å². The van der Waals surface area contributed by atoms with Crippen LogP contribution in [-0.4, -0.2) is 66.3 Å². The zero-order valence-electron chi connectivity index (χ0n) is 43.7. The van der Waals surface area contributed by atoms with Crippen LogP contribution in [0, 0.1) is 0 Å². The minimum atomic E-state index is -4.52. The third-order valence-electron chi connectivity index (χ3n) is 13.0. The number of hydrogen-bond acceptors (Lipinski definition) is 8. The van der Waals surface area contributed by atoms with E-state index in [9.17, 15) is 19.4 Å². The Bertz CT molecular complexity index is 1040. The average Bonchev–Trinajstić information content (AvgIpc) is 3.31. The molecular weight excluding hydrogens is 848 g/mol. The molecule has 0 radical (unpaired) electrons. The number of allylic oxidation sites excluding steroid dienone is 2.